The summed E-state index contributed by atoms with van der Waals surface area (Å²) >= 11 is 3.34. The van der Waals surface area contributed by atoms with Crippen molar-refractivity contribution in [3.05, 3.63) is 55.4 Å². The molecule has 5 heteroatoms. The molecule has 0 N–H and O–H groups in total. The second kappa shape index (κ2) is 3.56. The zero-order chi connectivity index (χ0) is 12.0. The number of rotatable bonds is 1. The van der Waals surface area contributed by atoms with Gasteiger partial charge in [0.25, 0.3) is 5.43 Å². The highest BCUT2D eigenvalue weighted by Gasteiger charge is 2.19. The predicted octanol–water partition coefficient (Wildman–Crippen LogP) is 1.61. The van der Waals surface area contributed by atoms with E-state index in [2.05, 4.69) is 25.9 Å². The molecule has 0 saturated carbocycles. The number of aromatic nitrogens is 2. The van der Waals surface area contributed by atoms with E-state index in [-0.39, 0.29) is 5.69 Å². The van der Waals surface area contributed by atoms with Gasteiger partial charge in [-0.1, -0.05) is 28.1 Å². The summed E-state index contributed by atoms with van der Waals surface area (Å²) < 4.78 is 0.969. The summed E-state index contributed by atoms with van der Waals surface area (Å²) in [5.74, 6) is 0. The molecule has 82 valence electrons. The first kappa shape index (κ1) is 10.3. The van der Waals surface area contributed by atoms with E-state index < -0.39 is 11.0 Å². The van der Waals surface area contributed by atoms with Crippen LogP contribution in [0.4, 0.5) is 0 Å². The van der Waals surface area contributed by atoms with Gasteiger partial charge >= 0.3 is 5.56 Å². The standard InChI is InChI=1S/C12H5BrN2O2/c13-7-3-1-6(2-4-7)8-5-9-10(14-8)11(16)12(17)15-9/h1-5H. The lowest BCUT2D eigenvalue weighted by Crippen LogP contribution is -2.19. The SMILES string of the molecule is O=c1nc2cc(-c3ccc(Br)cc3)nc-2c1=O. The third-order valence-corrected chi connectivity index (χ3v) is 3.05. The molecule has 0 atom stereocenters. The van der Waals surface area contributed by atoms with E-state index in [9.17, 15) is 9.59 Å². The quantitative estimate of drug-likeness (QED) is 0.638. The van der Waals surface area contributed by atoms with Gasteiger partial charge in [-0.05, 0) is 18.2 Å². The van der Waals surface area contributed by atoms with Crippen LogP contribution in [0, 0.1) is 0 Å². The van der Waals surface area contributed by atoms with Gasteiger partial charge in [0.05, 0.1) is 11.4 Å². The molecule has 0 bridgehead atoms. The van der Waals surface area contributed by atoms with Crippen LogP contribution in [0.25, 0.3) is 22.6 Å². The Hall–Kier alpha value is -1.88. The maximum Gasteiger partial charge on any atom is 0.320 e. The molecule has 0 fully saturated rings. The highest BCUT2D eigenvalue weighted by atomic mass is 79.9. The summed E-state index contributed by atoms with van der Waals surface area (Å²) in [5, 5.41) is 0. The van der Waals surface area contributed by atoms with Crippen molar-refractivity contribution < 1.29 is 0 Å². The summed E-state index contributed by atoms with van der Waals surface area (Å²) in [4.78, 5) is 30.2. The van der Waals surface area contributed by atoms with E-state index in [1.807, 2.05) is 24.3 Å². The van der Waals surface area contributed by atoms with Gasteiger partial charge in [0.2, 0.25) is 0 Å². The predicted molar refractivity (Wildman–Crippen MR) is 66.7 cm³/mol. The Kier molecular flexibility index (Phi) is 2.16. The van der Waals surface area contributed by atoms with Crippen LogP contribution >= 0.6 is 15.9 Å². The normalized spacial score (nSPS) is 11.1. The third kappa shape index (κ3) is 1.59. The lowest BCUT2D eigenvalue weighted by atomic mass is 10.1. The lowest BCUT2D eigenvalue weighted by Gasteiger charge is -1.95. The van der Waals surface area contributed by atoms with Crippen LogP contribution < -0.4 is 11.0 Å². The number of hydrogen-bond acceptors (Lipinski definition) is 4. The van der Waals surface area contributed by atoms with Crippen molar-refractivity contribution in [1.29, 1.82) is 0 Å². The van der Waals surface area contributed by atoms with Gasteiger partial charge in [0.1, 0.15) is 5.69 Å². The molecular weight excluding hydrogens is 284 g/mol. The van der Waals surface area contributed by atoms with E-state index in [1.54, 1.807) is 6.07 Å². The van der Waals surface area contributed by atoms with Gasteiger partial charge in [-0.25, -0.2) is 9.97 Å². The Balaban J connectivity index is 2.19. The van der Waals surface area contributed by atoms with Crippen LogP contribution in [0.2, 0.25) is 0 Å². The van der Waals surface area contributed by atoms with Crippen LogP contribution in [0.15, 0.2) is 44.4 Å². The first-order chi connectivity index (χ1) is 8.15. The fraction of sp³-hybridized carbons (Fsp3) is 0. The van der Waals surface area contributed by atoms with Crippen molar-refractivity contribution in [1.82, 2.24) is 9.97 Å². The number of fused-ring (bicyclic) bond motifs is 1. The Morgan fingerprint density at radius 3 is 2.29 bits per heavy atom. The maximum atomic E-state index is 11.4. The number of hydrogen-bond donors (Lipinski definition) is 0. The number of benzene rings is 1. The van der Waals surface area contributed by atoms with Gasteiger partial charge in [0, 0.05) is 10.0 Å². The first-order valence-corrected chi connectivity index (χ1v) is 5.68. The summed E-state index contributed by atoms with van der Waals surface area (Å²) in [5.41, 5.74) is 0.726. The molecule has 0 radical (unpaired) electrons. The molecule has 3 rings (SSSR count). The minimum atomic E-state index is -0.732. The molecule has 0 spiro atoms. The molecule has 0 amide bonds. The summed E-state index contributed by atoms with van der Waals surface area (Å²) in [6.45, 7) is 0. The molecular formula is C12H5BrN2O2. The van der Waals surface area contributed by atoms with Crippen molar-refractivity contribution in [3.63, 3.8) is 0 Å². The Labute approximate surface area is 104 Å². The van der Waals surface area contributed by atoms with Crippen molar-refractivity contribution in [2.45, 2.75) is 0 Å². The molecule has 4 nitrogen and oxygen atoms in total. The molecule has 1 aromatic rings. The molecule has 0 aliphatic carbocycles. The number of halogens is 1. The van der Waals surface area contributed by atoms with Crippen LogP contribution in [0.5, 0.6) is 0 Å². The minimum Gasteiger partial charge on any atom is -0.281 e. The van der Waals surface area contributed by atoms with Gasteiger partial charge in [-0.2, -0.15) is 0 Å². The highest BCUT2D eigenvalue weighted by molar-refractivity contribution is 9.10. The lowest BCUT2D eigenvalue weighted by molar-refractivity contribution is 1.30. The number of nitrogens with zero attached hydrogens (tertiary/aromatic N) is 2. The zero-order valence-corrected chi connectivity index (χ0v) is 10.1. The van der Waals surface area contributed by atoms with Crippen molar-refractivity contribution in [3.8, 4) is 22.6 Å². The second-order valence-electron chi connectivity index (χ2n) is 3.63. The van der Waals surface area contributed by atoms with Gasteiger partial charge in [-0.15, -0.1) is 0 Å². The monoisotopic (exact) mass is 288 g/mol. The van der Waals surface area contributed by atoms with Crippen molar-refractivity contribution in [2.75, 3.05) is 0 Å². The fourth-order valence-electron chi connectivity index (χ4n) is 1.69. The molecule has 1 aromatic carbocycles. The molecule has 17 heavy (non-hydrogen) atoms. The molecule has 2 aliphatic heterocycles. The van der Waals surface area contributed by atoms with Gasteiger partial charge < -0.3 is 0 Å². The average Bonchev–Trinajstić information content (AvgIpc) is 2.82. The molecule has 2 heterocycles. The largest absolute Gasteiger partial charge is 0.320 e. The van der Waals surface area contributed by atoms with E-state index in [4.69, 9.17) is 0 Å². The van der Waals surface area contributed by atoms with E-state index in [0.717, 1.165) is 10.0 Å². The fourth-order valence-corrected chi connectivity index (χ4v) is 1.95. The Morgan fingerprint density at radius 2 is 1.65 bits per heavy atom. The topological polar surface area (TPSA) is 59.9 Å². The second-order valence-corrected chi connectivity index (χ2v) is 4.54. The zero-order valence-electron chi connectivity index (χ0n) is 8.48. The molecule has 0 unspecified atom stereocenters. The Morgan fingerprint density at radius 1 is 0.941 bits per heavy atom. The maximum absolute atomic E-state index is 11.4. The molecule has 2 aliphatic rings. The van der Waals surface area contributed by atoms with E-state index in [1.165, 1.54) is 0 Å². The van der Waals surface area contributed by atoms with Gasteiger partial charge in [-0.3, -0.25) is 9.59 Å². The van der Waals surface area contributed by atoms with Crippen LogP contribution in [-0.4, -0.2) is 9.97 Å². The average molecular weight is 289 g/mol. The third-order valence-electron chi connectivity index (χ3n) is 2.52. The first-order valence-electron chi connectivity index (χ1n) is 4.89. The molecule has 0 aromatic heterocycles. The summed E-state index contributed by atoms with van der Waals surface area (Å²) in [6, 6.07) is 9.20. The van der Waals surface area contributed by atoms with Gasteiger partial charge in [0.15, 0.2) is 0 Å². The summed E-state index contributed by atoms with van der Waals surface area (Å²) in [7, 11) is 0. The van der Waals surface area contributed by atoms with Crippen molar-refractivity contribution in [2.24, 2.45) is 0 Å². The van der Waals surface area contributed by atoms with E-state index >= 15 is 0 Å². The van der Waals surface area contributed by atoms with Crippen molar-refractivity contribution >= 4 is 15.9 Å². The summed E-state index contributed by atoms with van der Waals surface area (Å²) in [6.07, 6.45) is 0. The molecule has 0 saturated heterocycles. The Bertz CT molecular complexity index is 742. The van der Waals surface area contributed by atoms with Crippen LogP contribution in [0.1, 0.15) is 0 Å². The highest BCUT2D eigenvalue weighted by Crippen LogP contribution is 2.25. The van der Waals surface area contributed by atoms with Crippen LogP contribution in [0.3, 0.4) is 0 Å². The minimum absolute atomic E-state index is 0.160. The van der Waals surface area contributed by atoms with Crippen LogP contribution in [-0.2, 0) is 0 Å². The smallest absolute Gasteiger partial charge is 0.281 e. The van der Waals surface area contributed by atoms with E-state index in [0.29, 0.717) is 11.4 Å².